The number of benzene rings is 3. The molecule has 0 radical (unpaired) electrons. The molecule has 50 heavy (non-hydrogen) atoms. The summed E-state index contributed by atoms with van der Waals surface area (Å²) in [5.41, 5.74) is 15.6. The van der Waals surface area contributed by atoms with E-state index in [2.05, 4.69) is 157 Å². The molecule has 0 N–H and O–H groups in total. The summed E-state index contributed by atoms with van der Waals surface area (Å²) >= 11 is 0. The van der Waals surface area contributed by atoms with Crippen LogP contribution in [0.1, 0.15) is 64.1 Å². The van der Waals surface area contributed by atoms with E-state index in [-0.39, 0.29) is 33.2 Å². The maximum Gasteiger partial charge on any atom is 3.00 e. The van der Waals surface area contributed by atoms with Crippen molar-refractivity contribution in [3.63, 3.8) is 0 Å². The minimum atomic E-state index is -0.0452. The molecular weight excluding hydrogens is 793 g/mol. The molecule has 0 saturated carbocycles. The fourth-order valence-corrected chi connectivity index (χ4v) is 6.70. The van der Waals surface area contributed by atoms with Crippen LogP contribution in [0, 0.1) is 0 Å². The summed E-state index contributed by atoms with van der Waals surface area (Å²) < 4.78 is 0. The molecule has 5 heterocycles. The molecule has 4 aromatic heterocycles. The number of hydrogen-bond acceptors (Lipinski definition) is 1. The fraction of sp³-hybridized carbons (Fsp3) is 0.178. The quantitative estimate of drug-likeness (QED) is 0.166. The van der Waals surface area contributed by atoms with Crippen molar-refractivity contribution in [2.24, 2.45) is 0 Å². The second kappa shape index (κ2) is 12.8. The average molecular weight is 833 g/mol. The molecule has 4 nitrogen and oxygen atoms in total. The number of nitrogens with zero attached hydrogens (tertiary/aromatic N) is 4. The largest absolute Gasteiger partial charge is 3.00 e. The van der Waals surface area contributed by atoms with Gasteiger partial charge in [0.25, 0.3) is 0 Å². The molecule has 0 unspecified atom stereocenters. The van der Waals surface area contributed by atoms with E-state index in [1.54, 1.807) is 0 Å². The molecule has 1 aliphatic heterocycles. The summed E-state index contributed by atoms with van der Waals surface area (Å²) in [7, 11) is 0. The molecule has 1 aliphatic rings. The van der Waals surface area contributed by atoms with E-state index in [1.807, 2.05) is 12.1 Å². The van der Waals surface area contributed by atoms with Crippen molar-refractivity contribution in [2.75, 3.05) is 0 Å². The summed E-state index contributed by atoms with van der Waals surface area (Å²) in [5.74, 6) is 0. The molecule has 0 aliphatic carbocycles. The van der Waals surface area contributed by atoms with Crippen LogP contribution in [0.15, 0.2) is 115 Å². The van der Waals surface area contributed by atoms with Crippen LogP contribution < -0.4 is 15.0 Å². The number of fused-ring (bicyclic) bond motifs is 9. The van der Waals surface area contributed by atoms with Gasteiger partial charge >= 0.3 is 22.4 Å². The van der Waals surface area contributed by atoms with Crippen LogP contribution in [-0.2, 0) is 33.2 Å². The number of rotatable bonds is 3. The smallest absolute Gasteiger partial charge is 0.657 e. The van der Waals surface area contributed by atoms with Crippen molar-refractivity contribution in [1.82, 2.24) is 19.9 Å². The molecule has 0 fully saturated rings. The molecular formula is C45H39AuN4. The Morgan fingerprint density at radius 1 is 0.400 bits per heavy atom. The van der Waals surface area contributed by atoms with Gasteiger partial charge in [-0.2, -0.15) is 0 Å². The van der Waals surface area contributed by atoms with Gasteiger partial charge in [0, 0.05) is 5.69 Å². The first-order valence-electron chi connectivity index (χ1n) is 17.0. The van der Waals surface area contributed by atoms with Crippen molar-refractivity contribution in [3.8, 4) is 33.4 Å². The Hall–Kier alpha value is -4.87. The molecule has 8 bridgehead atoms. The normalized spacial score (nSPS) is 12.4. The van der Waals surface area contributed by atoms with E-state index in [9.17, 15) is 0 Å². The Kier molecular flexibility index (Phi) is 8.60. The van der Waals surface area contributed by atoms with Crippen LogP contribution in [0.5, 0.6) is 0 Å². The molecule has 0 amide bonds. The summed E-state index contributed by atoms with van der Waals surface area (Å²) in [4.78, 5) is 21.1. The third kappa shape index (κ3) is 6.20. The minimum Gasteiger partial charge on any atom is -0.657 e. The van der Waals surface area contributed by atoms with Gasteiger partial charge in [-0.1, -0.05) is 157 Å². The van der Waals surface area contributed by atoms with Gasteiger partial charge in [-0.15, -0.1) is 33.1 Å². The average Bonchev–Trinajstić information content (AvgIpc) is 3.91. The van der Waals surface area contributed by atoms with E-state index in [0.29, 0.717) is 0 Å². The molecule has 0 atom stereocenters. The van der Waals surface area contributed by atoms with E-state index < -0.39 is 0 Å². The van der Waals surface area contributed by atoms with Gasteiger partial charge in [-0.05, 0) is 67.5 Å². The van der Waals surface area contributed by atoms with Crippen molar-refractivity contribution >= 4 is 45.3 Å². The molecule has 250 valence electrons. The fourth-order valence-electron chi connectivity index (χ4n) is 6.70. The first-order chi connectivity index (χ1) is 23.5. The Bertz CT molecular complexity index is 2470. The minimum absolute atomic E-state index is 0. The van der Waals surface area contributed by atoms with E-state index in [4.69, 9.17) is 19.9 Å². The summed E-state index contributed by atoms with van der Waals surface area (Å²) in [6.07, 6.45) is 4.15. The molecule has 7 aromatic rings. The predicted molar refractivity (Wildman–Crippen MR) is 206 cm³/mol. The van der Waals surface area contributed by atoms with E-state index in [1.165, 1.54) is 11.1 Å². The Morgan fingerprint density at radius 3 is 1.26 bits per heavy atom. The maximum absolute atomic E-state index is 5.40. The first-order valence-corrected chi connectivity index (χ1v) is 17.0. The third-order valence-corrected chi connectivity index (χ3v) is 9.44. The van der Waals surface area contributed by atoms with Crippen molar-refractivity contribution < 1.29 is 22.4 Å². The van der Waals surface area contributed by atoms with Crippen molar-refractivity contribution in [1.29, 1.82) is 0 Å². The summed E-state index contributed by atoms with van der Waals surface area (Å²) in [6.45, 7) is 13.7. The molecule has 5 heteroatoms. The van der Waals surface area contributed by atoms with Gasteiger partial charge in [0.05, 0.1) is 5.69 Å². The van der Waals surface area contributed by atoms with Crippen molar-refractivity contribution in [3.05, 3.63) is 138 Å². The van der Waals surface area contributed by atoms with Crippen LogP contribution in [0.3, 0.4) is 0 Å². The van der Waals surface area contributed by atoms with Crippen LogP contribution in [0.4, 0.5) is 0 Å². The van der Waals surface area contributed by atoms with Gasteiger partial charge in [0.2, 0.25) is 0 Å². The Morgan fingerprint density at radius 2 is 0.780 bits per heavy atom. The van der Waals surface area contributed by atoms with Crippen LogP contribution in [-0.4, -0.2) is 4.98 Å². The second-order valence-electron chi connectivity index (χ2n) is 15.0. The van der Waals surface area contributed by atoms with Crippen LogP contribution in [0.2, 0.25) is 0 Å². The zero-order valence-electron chi connectivity index (χ0n) is 29.2. The van der Waals surface area contributed by atoms with E-state index >= 15 is 0 Å². The summed E-state index contributed by atoms with van der Waals surface area (Å²) in [6, 6.07) is 40.6. The maximum atomic E-state index is 5.40. The van der Waals surface area contributed by atoms with E-state index in [0.717, 1.165) is 77.9 Å². The molecule has 8 rings (SSSR count). The topological polar surface area (TPSA) is 55.2 Å². The summed E-state index contributed by atoms with van der Waals surface area (Å²) in [5, 5.41) is 0. The molecule has 0 spiro atoms. The Balaban J connectivity index is 0.00000392. The van der Waals surface area contributed by atoms with Gasteiger partial charge in [-0.25, -0.2) is 4.98 Å². The van der Waals surface area contributed by atoms with Gasteiger partial charge in [-0.3, -0.25) is 0 Å². The predicted octanol–water partition coefficient (Wildman–Crippen LogP) is 11.2. The monoisotopic (exact) mass is 832 g/mol. The zero-order chi connectivity index (χ0) is 33.9. The van der Waals surface area contributed by atoms with Gasteiger partial charge < -0.3 is 15.0 Å². The Labute approximate surface area is 309 Å². The molecule has 3 aromatic carbocycles. The number of aromatic nitrogens is 4. The van der Waals surface area contributed by atoms with Crippen LogP contribution in [0.25, 0.3) is 78.6 Å². The third-order valence-electron chi connectivity index (χ3n) is 9.44. The van der Waals surface area contributed by atoms with Crippen molar-refractivity contribution in [2.45, 2.75) is 52.4 Å². The number of hydrogen-bond donors (Lipinski definition) is 0. The molecule has 0 saturated heterocycles. The first kappa shape index (κ1) is 33.6. The zero-order valence-corrected chi connectivity index (χ0v) is 31.4. The van der Waals surface area contributed by atoms with Crippen LogP contribution >= 0.6 is 0 Å². The van der Waals surface area contributed by atoms with Gasteiger partial charge in [0.15, 0.2) is 0 Å². The van der Waals surface area contributed by atoms with Gasteiger partial charge in [0.1, 0.15) is 0 Å². The SMILES string of the molecule is CC(C)(C)c1cc(-c2c3ccc([n-]3)c(-c3ccccc3)c3nc(c4ccc([n-]4)c(-c4ccccc4)c4ccc2[n-]4)C=C3)cc(C(C)(C)C)c1.[Au+3]. The standard InChI is InChI=1S/C45H39N4.Au/c1-44(2,3)31-25-30(26-32(27-31)45(4,5)6)43-39-23-21-37(48-39)41(28-13-9-7-10-14-28)35-19-17-33(46-35)34-18-20-36(47-34)42(29-15-11-8-12-16-29)38-22-24-40(43)49-38;/h7-27H,1-6H3;/q-3;+3. The second-order valence-corrected chi connectivity index (χ2v) is 15.0.